The summed E-state index contributed by atoms with van der Waals surface area (Å²) < 4.78 is 0. The van der Waals surface area contributed by atoms with Crippen LogP contribution in [0.3, 0.4) is 0 Å². The van der Waals surface area contributed by atoms with Crippen molar-refractivity contribution in [2.75, 3.05) is 19.6 Å². The number of carbonyl (C=O) groups is 9. The first-order chi connectivity index (χ1) is 34.6. The van der Waals surface area contributed by atoms with Crippen LogP contribution in [-0.4, -0.2) is 142 Å². The molecule has 0 spiro atoms. The fourth-order valence-electron chi connectivity index (χ4n) is 8.83. The van der Waals surface area contributed by atoms with E-state index in [-0.39, 0.29) is 62.9 Å². The molecule has 0 bridgehead atoms. The molecule has 2 saturated heterocycles. The lowest BCUT2D eigenvalue weighted by Crippen LogP contribution is -2.59. The molecular weight excluding hydrogens is 939 g/mol. The van der Waals surface area contributed by atoms with E-state index in [2.05, 4.69) is 37.2 Å². The first-order valence-corrected chi connectivity index (χ1v) is 25.6. The molecule has 2 aromatic carbocycles. The molecule has 2 aliphatic rings. The van der Waals surface area contributed by atoms with Crippen LogP contribution in [0.2, 0.25) is 0 Å². The number of carbonyl (C=O) groups excluding carboxylic acids is 8. The largest absolute Gasteiger partial charge is 0.480 e. The minimum Gasteiger partial charge on any atom is -0.480 e. The van der Waals surface area contributed by atoms with Crippen LogP contribution >= 0.6 is 0 Å². The molecule has 0 saturated carbocycles. The van der Waals surface area contributed by atoms with Gasteiger partial charge in [0.05, 0.1) is 6.04 Å². The lowest BCUT2D eigenvalue weighted by atomic mass is 9.96. The molecule has 2 aromatic rings. The maximum Gasteiger partial charge on any atom is 0.326 e. The van der Waals surface area contributed by atoms with Crippen molar-refractivity contribution < 1.29 is 48.3 Å². The van der Waals surface area contributed by atoms with Crippen molar-refractivity contribution in [2.45, 2.75) is 161 Å². The monoisotopic (exact) mass is 1020 g/mol. The van der Waals surface area contributed by atoms with Gasteiger partial charge < -0.3 is 53.8 Å². The van der Waals surface area contributed by atoms with E-state index in [0.29, 0.717) is 37.8 Å². The number of nitrogens with zero attached hydrogens (tertiary/aromatic N) is 2. The van der Waals surface area contributed by atoms with Gasteiger partial charge in [-0.15, -0.1) is 0 Å². The summed E-state index contributed by atoms with van der Waals surface area (Å²) in [7, 11) is 0. The minimum atomic E-state index is -1.21. The molecule has 7 unspecified atom stereocenters. The second-order valence-electron chi connectivity index (χ2n) is 20.2. The lowest BCUT2D eigenvalue weighted by Gasteiger charge is -2.28. The number of hydrazine groups is 1. The normalized spacial score (nSPS) is 18.8. The average molecular weight is 1020 g/mol. The van der Waals surface area contributed by atoms with E-state index in [0.717, 1.165) is 5.56 Å². The summed E-state index contributed by atoms with van der Waals surface area (Å²) in [4.78, 5) is 123. The van der Waals surface area contributed by atoms with E-state index in [9.17, 15) is 48.3 Å². The zero-order chi connectivity index (χ0) is 53.9. The molecule has 8 amide bonds. The number of amides is 8. The maximum absolute atomic E-state index is 14.2. The zero-order valence-corrected chi connectivity index (χ0v) is 43.4. The molecule has 0 radical (unpaired) electrons. The van der Waals surface area contributed by atoms with Crippen LogP contribution in [-0.2, 0) is 56.0 Å². The molecule has 0 aliphatic carbocycles. The average Bonchev–Trinajstić information content (AvgIpc) is 3.90. The highest BCUT2D eigenvalue weighted by Gasteiger charge is 2.50. The molecule has 2 fully saturated rings. The van der Waals surface area contributed by atoms with Crippen molar-refractivity contribution in [3.8, 4) is 0 Å². The highest BCUT2D eigenvalue weighted by atomic mass is 16.4. The fraction of sp³-hybridized carbons (Fsp3) is 0.596. The summed E-state index contributed by atoms with van der Waals surface area (Å²) in [5.41, 5.74) is 13.2. The third-order valence-corrected chi connectivity index (χ3v) is 13.1. The van der Waals surface area contributed by atoms with Gasteiger partial charge in [0.2, 0.25) is 41.4 Å². The van der Waals surface area contributed by atoms with Crippen LogP contribution in [0, 0.1) is 17.8 Å². The Morgan fingerprint density at radius 1 is 0.658 bits per heavy atom. The van der Waals surface area contributed by atoms with Gasteiger partial charge in [-0.25, -0.2) is 9.80 Å². The highest BCUT2D eigenvalue weighted by molar-refractivity contribution is 5.99. The van der Waals surface area contributed by atoms with Crippen molar-refractivity contribution in [1.82, 2.24) is 47.2 Å². The molecule has 402 valence electrons. The number of rotatable bonds is 29. The SMILES string of the molecule is CCC(C)[C@H](NC(=O)C(N)CCCCN)C(=O)NC(Cc1ccccc1)C(=O)NC1CN2CCC(C(=O)NC(CC(C)C)C(=O)N[C@@H](C)C(=O)NC(Cc3ccccc3)C(=O)N[C@@H](CC(C)C)C(=O)O)N2C1=O. The molecule has 21 nitrogen and oxygen atoms in total. The quantitative estimate of drug-likeness (QED) is 0.0494. The van der Waals surface area contributed by atoms with Crippen LogP contribution in [0.25, 0.3) is 0 Å². The molecule has 2 heterocycles. The maximum atomic E-state index is 14.2. The molecule has 21 heteroatoms. The lowest BCUT2D eigenvalue weighted by molar-refractivity contribution is -0.146. The van der Waals surface area contributed by atoms with Gasteiger partial charge in [-0.2, -0.15) is 0 Å². The Morgan fingerprint density at radius 2 is 1.19 bits per heavy atom. The second-order valence-corrected chi connectivity index (χ2v) is 20.2. The number of nitrogens with two attached hydrogens (primary N) is 2. The van der Waals surface area contributed by atoms with Crippen molar-refractivity contribution in [1.29, 1.82) is 0 Å². The van der Waals surface area contributed by atoms with Crippen LogP contribution in [0.5, 0.6) is 0 Å². The van der Waals surface area contributed by atoms with E-state index in [1.165, 1.54) is 11.9 Å². The number of benzene rings is 2. The summed E-state index contributed by atoms with van der Waals surface area (Å²) in [5.74, 6) is -6.73. The molecular formula is C52H79N11O10. The van der Waals surface area contributed by atoms with Crippen molar-refractivity contribution >= 4 is 53.2 Å². The Hall–Kier alpha value is -6.45. The standard InChI is InChI=1S/C52H79N11O10/c1-8-32(6)43(61-45(65)36(54)21-15-16-23-53)50(70)58-39(28-35-19-13-10-14-20-35)48(68)60-41-29-62-24-22-42(63(62)51(41)71)49(69)57-37(25-30(2)3)46(66)55-33(7)44(64)56-38(27-34-17-11-9-12-18-34)47(67)59-40(52(72)73)26-31(4)5/h9-14,17-20,30-33,36-43H,8,15-16,21-29,53-54H2,1-7H3,(H,55,66)(H,56,64)(H,57,69)(H,58,70)(H,59,67)(H,60,68)(H,61,65)(H,72,73)/t32?,33-,36?,37?,38?,39?,40-,41?,42?,43-/m0/s1. The van der Waals surface area contributed by atoms with Crippen LogP contribution < -0.4 is 48.7 Å². The van der Waals surface area contributed by atoms with Gasteiger partial charge in [0.1, 0.15) is 48.3 Å². The molecule has 12 N–H and O–H groups in total. The number of carboxylic acids is 1. The van der Waals surface area contributed by atoms with Gasteiger partial charge in [-0.3, -0.25) is 43.4 Å². The van der Waals surface area contributed by atoms with E-state index in [1.54, 1.807) is 59.6 Å². The Bertz CT molecular complexity index is 2200. The number of hydrogen-bond donors (Lipinski definition) is 10. The molecule has 73 heavy (non-hydrogen) atoms. The van der Waals surface area contributed by atoms with E-state index in [4.69, 9.17) is 11.5 Å². The van der Waals surface area contributed by atoms with Gasteiger partial charge in [0.15, 0.2) is 0 Å². The summed E-state index contributed by atoms with van der Waals surface area (Å²) >= 11 is 0. The van der Waals surface area contributed by atoms with Crippen molar-refractivity contribution in [3.05, 3.63) is 71.8 Å². The first-order valence-electron chi connectivity index (χ1n) is 25.6. The van der Waals surface area contributed by atoms with Gasteiger partial charge in [0.25, 0.3) is 5.91 Å². The highest BCUT2D eigenvalue weighted by Crippen LogP contribution is 2.26. The third-order valence-electron chi connectivity index (χ3n) is 13.1. The fourth-order valence-corrected chi connectivity index (χ4v) is 8.83. The number of hydrogen-bond acceptors (Lipinski definition) is 12. The van der Waals surface area contributed by atoms with Crippen LogP contribution in [0.15, 0.2) is 60.7 Å². The number of aliphatic carboxylic acids is 1. The third kappa shape index (κ3) is 17.9. The molecule has 0 aromatic heterocycles. The summed E-state index contributed by atoms with van der Waals surface area (Å²) in [6.07, 6.45) is 2.91. The number of carboxylic acid groups (broad SMARTS) is 1. The Morgan fingerprint density at radius 3 is 1.74 bits per heavy atom. The van der Waals surface area contributed by atoms with Crippen molar-refractivity contribution in [2.24, 2.45) is 29.2 Å². The number of fused-ring (bicyclic) bond motifs is 1. The predicted molar refractivity (Wildman–Crippen MR) is 273 cm³/mol. The topological polar surface area (TPSA) is 317 Å². The number of unbranched alkanes of at least 4 members (excludes halogenated alkanes) is 1. The first kappa shape index (κ1) is 59.1. The molecule has 10 atom stereocenters. The van der Waals surface area contributed by atoms with Gasteiger partial charge in [-0.05, 0) is 74.5 Å². The van der Waals surface area contributed by atoms with Crippen LogP contribution in [0.4, 0.5) is 0 Å². The smallest absolute Gasteiger partial charge is 0.326 e. The van der Waals surface area contributed by atoms with Gasteiger partial charge in [0, 0.05) is 25.9 Å². The molecule has 4 rings (SSSR count). The number of nitrogens with one attached hydrogen (secondary N) is 7. The summed E-state index contributed by atoms with van der Waals surface area (Å²) in [5, 5.41) is 31.8. The Labute approximate surface area is 428 Å². The van der Waals surface area contributed by atoms with Gasteiger partial charge in [-0.1, -0.05) is 115 Å². The van der Waals surface area contributed by atoms with E-state index < -0.39 is 108 Å². The summed E-state index contributed by atoms with van der Waals surface area (Å²) in [6.45, 7) is 13.2. The van der Waals surface area contributed by atoms with E-state index in [1.807, 2.05) is 47.6 Å². The zero-order valence-electron chi connectivity index (χ0n) is 43.4. The van der Waals surface area contributed by atoms with Crippen LogP contribution in [0.1, 0.15) is 105 Å². The van der Waals surface area contributed by atoms with Gasteiger partial charge >= 0.3 is 5.97 Å². The predicted octanol–water partition coefficient (Wildman–Crippen LogP) is 0.396. The Kier molecular flexibility index (Phi) is 23.2. The summed E-state index contributed by atoms with van der Waals surface area (Å²) in [6, 6.07) is 7.95. The molecule has 2 aliphatic heterocycles. The van der Waals surface area contributed by atoms with E-state index >= 15 is 0 Å². The second kappa shape index (κ2) is 28.7. The van der Waals surface area contributed by atoms with Crippen molar-refractivity contribution in [3.63, 3.8) is 0 Å². The minimum absolute atomic E-state index is 0.0362. The Balaban J connectivity index is 1.44.